The number of hydrogen-bond donors (Lipinski definition) is 1. The van der Waals surface area contributed by atoms with E-state index >= 15 is 0 Å². The Bertz CT molecular complexity index is 1080. The van der Waals surface area contributed by atoms with Crippen molar-refractivity contribution in [2.45, 2.75) is 20.0 Å². The summed E-state index contributed by atoms with van der Waals surface area (Å²) in [5.41, 5.74) is 4.85. The van der Waals surface area contributed by atoms with Crippen LogP contribution < -0.4 is 14.9 Å². The monoisotopic (exact) mass is 674 g/mol. The summed E-state index contributed by atoms with van der Waals surface area (Å²) in [5, 5.41) is 4.77. The van der Waals surface area contributed by atoms with Crippen LogP contribution in [0.1, 0.15) is 34.8 Å². The lowest BCUT2D eigenvalue weighted by Crippen LogP contribution is -2.17. The second-order valence-electron chi connectivity index (χ2n) is 6.77. The van der Waals surface area contributed by atoms with Crippen LogP contribution in [0.3, 0.4) is 0 Å². The quantitative estimate of drug-likeness (QED) is 0.157. The minimum atomic E-state index is -0.285. The van der Waals surface area contributed by atoms with Gasteiger partial charge >= 0.3 is 0 Å². The van der Waals surface area contributed by atoms with Crippen LogP contribution in [0, 0.1) is 7.14 Å². The van der Waals surface area contributed by atoms with Gasteiger partial charge in [-0.15, -0.1) is 0 Å². The molecular formula is C24H21ClI2N2O3. The molecule has 0 atom stereocenters. The van der Waals surface area contributed by atoms with Crippen molar-refractivity contribution in [3.8, 4) is 11.5 Å². The van der Waals surface area contributed by atoms with E-state index in [1.165, 1.54) is 0 Å². The molecule has 0 spiro atoms. The van der Waals surface area contributed by atoms with Crippen LogP contribution in [-0.2, 0) is 6.61 Å². The van der Waals surface area contributed by atoms with Gasteiger partial charge in [-0.05, 0) is 99.6 Å². The Hall–Kier alpha value is -1.85. The third-order valence-electron chi connectivity index (χ3n) is 4.32. The van der Waals surface area contributed by atoms with Crippen molar-refractivity contribution >= 4 is 68.9 Å². The molecule has 0 heterocycles. The SMILES string of the molecule is CCCOc1ccc(C(=O)N/N=C\c2cc(I)c(OCc3ccccc3Cl)c(I)c2)cc1. The number of carbonyl (C=O) groups excluding carboxylic acids is 1. The van der Waals surface area contributed by atoms with Crippen LogP contribution in [-0.4, -0.2) is 18.7 Å². The first-order chi connectivity index (χ1) is 15.5. The Morgan fingerprint density at radius 1 is 1.06 bits per heavy atom. The highest BCUT2D eigenvalue weighted by atomic mass is 127. The highest BCUT2D eigenvalue weighted by molar-refractivity contribution is 14.1. The Labute approximate surface area is 219 Å². The van der Waals surface area contributed by atoms with Gasteiger partial charge in [-0.3, -0.25) is 4.79 Å². The van der Waals surface area contributed by atoms with Crippen molar-refractivity contribution in [1.82, 2.24) is 5.43 Å². The number of hydrazone groups is 1. The van der Waals surface area contributed by atoms with Crippen LogP contribution in [0.25, 0.3) is 0 Å². The van der Waals surface area contributed by atoms with E-state index < -0.39 is 0 Å². The lowest BCUT2D eigenvalue weighted by Gasteiger charge is -2.12. The minimum Gasteiger partial charge on any atom is -0.494 e. The Morgan fingerprint density at radius 3 is 2.41 bits per heavy atom. The number of rotatable bonds is 9. The minimum absolute atomic E-state index is 0.285. The second-order valence-corrected chi connectivity index (χ2v) is 9.50. The maximum absolute atomic E-state index is 12.3. The lowest BCUT2D eigenvalue weighted by atomic mass is 10.2. The van der Waals surface area contributed by atoms with Crippen LogP contribution in [0.2, 0.25) is 5.02 Å². The molecule has 0 aliphatic carbocycles. The van der Waals surface area contributed by atoms with E-state index in [0.29, 0.717) is 23.8 Å². The number of nitrogens with one attached hydrogen (secondary N) is 1. The van der Waals surface area contributed by atoms with Crippen molar-refractivity contribution < 1.29 is 14.3 Å². The van der Waals surface area contributed by atoms with Crippen LogP contribution in [0.5, 0.6) is 11.5 Å². The average Bonchev–Trinajstić information content (AvgIpc) is 2.78. The van der Waals surface area contributed by atoms with Gasteiger partial charge in [-0.1, -0.05) is 36.7 Å². The van der Waals surface area contributed by atoms with Crippen LogP contribution in [0.15, 0.2) is 65.8 Å². The van der Waals surface area contributed by atoms with Gasteiger partial charge in [0.15, 0.2) is 0 Å². The molecule has 1 amide bonds. The fraction of sp³-hybridized carbons (Fsp3) is 0.167. The third kappa shape index (κ3) is 7.08. The lowest BCUT2D eigenvalue weighted by molar-refractivity contribution is 0.0955. The standard InChI is InChI=1S/C24H21ClI2N2O3/c1-2-11-31-19-9-7-17(8-10-19)24(30)29-28-14-16-12-21(26)23(22(27)13-16)32-15-18-5-3-4-6-20(18)25/h3-10,12-14H,2,11,15H2,1H3,(H,29,30)/b28-14-. The van der Waals surface area contributed by atoms with E-state index in [1.54, 1.807) is 30.5 Å². The molecule has 3 aromatic carbocycles. The van der Waals surface area contributed by atoms with E-state index in [1.807, 2.05) is 43.3 Å². The molecule has 3 aromatic rings. The summed E-state index contributed by atoms with van der Waals surface area (Å²) in [6.45, 7) is 3.08. The summed E-state index contributed by atoms with van der Waals surface area (Å²) >= 11 is 10.7. The van der Waals surface area contributed by atoms with E-state index in [2.05, 4.69) is 55.7 Å². The predicted octanol–water partition coefficient (Wildman–Crippen LogP) is 6.68. The van der Waals surface area contributed by atoms with Crippen LogP contribution >= 0.6 is 56.8 Å². The van der Waals surface area contributed by atoms with Gasteiger partial charge in [0.2, 0.25) is 0 Å². The smallest absolute Gasteiger partial charge is 0.271 e. The number of ether oxygens (including phenoxy) is 2. The summed E-state index contributed by atoms with van der Waals surface area (Å²) in [4.78, 5) is 12.3. The molecule has 166 valence electrons. The van der Waals surface area contributed by atoms with Crippen LogP contribution in [0.4, 0.5) is 0 Å². The topological polar surface area (TPSA) is 59.9 Å². The summed E-state index contributed by atoms with van der Waals surface area (Å²) < 4.78 is 13.4. The first kappa shape index (κ1) is 24.8. The maximum atomic E-state index is 12.3. The fourth-order valence-electron chi connectivity index (χ4n) is 2.71. The maximum Gasteiger partial charge on any atom is 0.271 e. The van der Waals surface area contributed by atoms with Crippen molar-refractivity contribution in [3.63, 3.8) is 0 Å². The van der Waals surface area contributed by atoms with Crippen molar-refractivity contribution in [3.05, 3.63) is 89.5 Å². The van der Waals surface area contributed by atoms with Gasteiger partial charge in [-0.2, -0.15) is 5.10 Å². The van der Waals surface area contributed by atoms with Gasteiger partial charge < -0.3 is 9.47 Å². The molecule has 0 saturated carbocycles. The van der Waals surface area contributed by atoms with Gasteiger partial charge in [0.1, 0.15) is 18.1 Å². The molecular weight excluding hydrogens is 654 g/mol. The molecule has 5 nitrogen and oxygen atoms in total. The molecule has 0 fully saturated rings. The number of amides is 1. The zero-order valence-electron chi connectivity index (χ0n) is 17.3. The molecule has 32 heavy (non-hydrogen) atoms. The van der Waals surface area contributed by atoms with E-state index in [4.69, 9.17) is 21.1 Å². The molecule has 0 aliphatic rings. The van der Waals surface area contributed by atoms with Crippen molar-refractivity contribution in [2.24, 2.45) is 5.10 Å². The van der Waals surface area contributed by atoms with E-state index in [0.717, 1.165) is 36.2 Å². The normalized spacial score (nSPS) is 10.9. The highest BCUT2D eigenvalue weighted by Gasteiger charge is 2.10. The summed E-state index contributed by atoms with van der Waals surface area (Å²) in [6, 6.07) is 18.5. The van der Waals surface area contributed by atoms with Gasteiger partial charge in [0, 0.05) is 16.1 Å². The number of hydrogen-bond acceptors (Lipinski definition) is 4. The molecule has 0 aliphatic heterocycles. The average molecular weight is 675 g/mol. The van der Waals surface area contributed by atoms with Crippen molar-refractivity contribution in [2.75, 3.05) is 6.61 Å². The molecule has 0 saturated heterocycles. The Kier molecular flexibility index (Phi) is 9.61. The number of benzene rings is 3. The predicted molar refractivity (Wildman–Crippen MR) is 145 cm³/mol. The summed E-state index contributed by atoms with van der Waals surface area (Å²) in [6.07, 6.45) is 2.54. The first-order valence-electron chi connectivity index (χ1n) is 9.89. The largest absolute Gasteiger partial charge is 0.494 e. The number of nitrogens with zero attached hydrogens (tertiary/aromatic N) is 1. The highest BCUT2D eigenvalue weighted by Crippen LogP contribution is 2.30. The van der Waals surface area contributed by atoms with Crippen molar-refractivity contribution in [1.29, 1.82) is 0 Å². The summed E-state index contributed by atoms with van der Waals surface area (Å²) in [7, 11) is 0. The number of carbonyl (C=O) groups is 1. The van der Waals surface area contributed by atoms with E-state index in [9.17, 15) is 4.79 Å². The zero-order valence-corrected chi connectivity index (χ0v) is 22.3. The number of halogens is 3. The molecule has 0 radical (unpaired) electrons. The molecule has 0 aromatic heterocycles. The van der Waals surface area contributed by atoms with Gasteiger partial charge in [0.05, 0.1) is 20.0 Å². The second kappa shape index (κ2) is 12.4. The molecule has 0 bridgehead atoms. The summed E-state index contributed by atoms with van der Waals surface area (Å²) in [5.74, 6) is 1.25. The van der Waals surface area contributed by atoms with Gasteiger partial charge in [0.25, 0.3) is 5.91 Å². The zero-order chi connectivity index (χ0) is 22.9. The molecule has 1 N–H and O–H groups in total. The molecule has 8 heteroatoms. The van der Waals surface area contributed by atoms with Gasteiger partial charge in [-0.25, -0.2) is 5.43 Å². The first-order valence-corrected chi connectivity index (χ1v) is 12.4. The third-order valence-corrected chi connectivity index (χ3v) is 6.29. The molecule has 0 unspecified atom stereocenters. The molecule has 3 rings (SSSR count). The Morgan fingerprint density at radius 2 is 1.75 bits per heavy atom. The fourth-order valence-corrected chi connectivity index (χ4v) is 5.03. The Balaban J connectivity index is 1.60. The van der Waals surface area contributed by atoms with E-state index in [-0.39, 0.29) is 5.91 Å².